The minimum absolute atomic E-state index is 0.211. The molecule has 54 valence electrons. The first-order chi connectivity index (χ1) is 4.74. The molecule has 0 fully saturated rings. The van der Waals surface area contributed by atoms with Crippen molar-refractivity contribution < 1.29 is 5.11 Å². The maximum absolute atomic E-state index is 9.16. The molecule has 0 aliphatic carbocycles. The lowest BCUT2D eigenvalue weighted by Crippen LogP contribution is -1.77. The van der Waals surface area contributed by atoms with E-state index in [4.69, 9.17) is 16.7 Å². The van der Waals surface area contributed by atoms with Crippen LogP contribution in [-0.2, 0) is 5.75 Å². The van der Waals surface area contributed by atoms with Crippen molar-refractivity contribution in [1.82, 2.24) is 0 Å². The first kappa shape index (κ1) is 7.76. The Morgan fingerprint density at radius 2 is 2.20 bits per heavy atom. The Kier molecular flexibility index (Phi) is 2.46. The minimum Gasteiger partial charge on any atom is -0.508 e. The molecule has 1 N–H and O–H groups in total. The SMILES string of the molecule is Oc1cc(Cl)ccc1CS. The minimum atomic E-state index is 0.211. The average Bonchev–Trinajstić information content (AvgIpc) is 1.88. The van der Waals surface area contributed by atoms with E-state index in [1.165, 1.54) is 6.07 Å². The van der Waals surface area contributed by atoms with E-state index >= 15 is 0 Å². The van der Waals surface area contributed by atoms with Gasteiger partial charge >= 0.3 is 0 Å². The molecule has 0 aliphatic heterocycles. The Balaban J connectivity index is 3.07. The third-order valence-electron chi connectivity index (χ3n) is 1.22. The zero-order valence-corrected chi connectivity index (χ0v) is 6.86. The van der Waals surface area contributed by atoms with Crippen molar-refractivity contribution >= 4 is 24.2 Å². The van der Waals surface area contributed by atoms with Gasteiger partial charge in [-0.15, -0.1) is 0 Å². The molecule has 1 rings (SSSR count). The van der Waals surface area contributed by atoms with Crippen LogP contribution in [0.25, 0.3) is 0 Å². The molecule has 0 radical (unpaired) electrons. The molecular weight excluding hydrogens is 168 g/mol. The van der Waals surface area contributed by atoms with Gasteiger partial charge in [0.25, 0.3) is 0 Å². The number of benzene rings is 1. The Morgan fingerprint density at radius 3 is 2.70 bits per heavy atom. The summed E-state index contributed by atoms with van der Waals surface area (Å²) in [5, 5.41) is 9.70. The number of hydrogen-bond acceptors (Lipinski definition) is 2. The summed E-state index contributed by atoms with van der Waals surface area (Å²) in [5.41, 5.74) is 0.799. The molecule has 3 heteroatoms. The van der Waals surface area contributed by atoms with Crippen molar-refractivity contribution in [2.75, 3.05) is 0 Å². The highest BCUT2D eigenvalue weighted by Crippen LogP contribution is 2.22. The predicted octanol–water partition coefficient (Wildman–Crippen LogP) is 2.48. The van der Waals surface area contributed by atoms with E-state index in [1.807, 2.05) is 0 Å². The summed E-state index contributed by atoms with van der Waals surface area (Å²) in [6.45, 7) is 0. The summed E-state index contributed by atoms with van der Waals surface area (Å²) < 4.78 is 0. The molecule has 10 heavy (non-hydrogen) atoms. The predicted molar refractivity (Wildman–Crippen MR) is 45.8 cm³/mol. The van der Waals surface area contributed by atoms with Crippen LogP contribution in [0.3, 0.4) is 0 Å². The topological polar surface area (TPSA) is 20.2 Å². The Morgan fingerprint density at radius 1 is 1.50 bits per heavy atom. The third kappa shape index (κ3) is 1.58. The molecule has 0 amide bonds. The monoisotopic (exact) mass is 174 g/mol. The van der Waals surface area contributed by atoms with Crippen LogP contribution in [-0.4, -0.2) is 5.11 Å². The van der Waals surface area contributed by atoms with Crippen molar-refractivity contribution in [2.24, 2.45) is 0 Å². The van der Waals surface area contributed by atoms with Gasteiger partial charge in [-0.25, -0.2) is 0 Å². The Hall–Kier alpha value is -0.340. The van der Waals surface area contributed by atoms with Gasteiger partial charge in [-0.05, 0) is 12.1 Å². The lowest BCUT2D eigenvalue weighted by molar-refractivity contribution is 0.471. The van der Waals surface area contributed by atoms with E-state index < -0.39 is 0 Å². The van der Waals surface area contributed by atoms with Crippen LogP contribution in [0, 0.1) is 0 Å². The van der Waals surface area contributed by atoms with Crippen molar-refractivity contribution in [2.45, 2.75) is 5.75 Å². The summed E-state index contributed by atoms with van der Waals surface area (Å²) in [6, 6.07) is 4.99. The maximum atomic E-state index is 9.16. The van der Waals surface area contributed by atoms with Crippen LogP contribution in [0.15, 0.2) is 18.2 Å². The molecule has 0 heterocycles. The number of aromatic hydroxyl groups is 1. The fourth-order valence-corrected chi connectivity index (χ4v) is 1.10. The van der Waals surface area contributed by atoms with Gasteiger partial charge in [0.2, 0.25) is 0 Å². The van der Waals surface area contributed by atoms with Crippen LogP contribution < -0.4 is 0 Å². The number of thiol groups is 1. The molecule has 0 saturated heterocycles. The van der Waals surface area contributed by atoms with Crippen molar-refractivity contribution in [3.8, 4) is 5.75 Å². The van der Waals surface area contributed by atoms with Gasteiger partial charge in [-0.3, -0.25) is 0 Å². The smallest absolute Gasteiger partial charge is 0.121 e. The van der Waals surface area contributed by atoms with Gasteiger partial charge < -0.3 is 5.11 Å². The van der Waals surface area contributed by atoms with Gasteiger partial charge in [0.15, 0.2) is 0 Å². The highest BCUT2D eigenvalue weighted by atomic mass is 35.5. The summed E-state index contributed by atoms with van der Waals surface area (Å²) in [4.78, 5) is 0. The van der Waals surface area contributed by atoms with E-state index in [9.17, 15) is 0 Å². The second-order valence-corrected chi connectivity index (χ2v) is 2.68. The fraction of sp³-hybridized carbons (Fsp3) is 0.143. The fourth-order valence-electron chi connectivity index (χ4n) is 0.671. The highest BCUT2D eigenvalue weighted by molar-refractivity contribution is 7.79. The van der Waals surface area contributed by atoms with Crippen LogP contribution in [0.1, 0.15) is 5.56 Å². The molecule has 0 aromatic heterocycles. The molecular formula is C7H7ClOS. The van der Waals surface area contributed by atoms with Gasteiger partial charge in [-0.2, -0.15) is 12.6 Å². The van der Waals surface area contributed by atoms with Crippen LogP contribution in [0.5, 0.6) is 5.75 Å². The molecule has 0 aliphatic rings. The molecule has 1 nitrogen and oxygen atoms in total. The summed E-state index contributed by atoms with van der Waals surface area (Å²) in [6.07, 6.45) is 0. The maximum Gasteiger partial charge on any atom is 0.121 e. The number of phenols is 1. The molecule has 1 aromatic carbocycles. The highest BCUT2D eigenvalue weighted by Gasteiger charge is 1.97. The summed E-state index contributed by atoms with van der Waals surface area (Å²) in [5.74, 6) is 0.741. The van der Waals surface area contributed by atoms with Crippen LogP contribution >= 0.6 is 24.2 Å². The van der Waals surface area contributed by atoms with Crippen molar-refractivity contribution in [1.29, 1.82) is 0 Å². The molecule has 0 saturated carbocycles. The van der Waals surface area contributed by atoms with E-state index in [0.29, 0.717) is 10.8 Å². The molecule has 0 bridgehead atoms. The summed E-state index contributed by atoms with van der Waals surface area (Å²) >= 11 is 9.60. The van der Waals surface area contributed by atoms with Gasteiger partial charge in [0.05, 0.1) is 0 Å². The second-order valence-electron chi connectivity index (χ2n) is 1.93. The quantitative estimate of drug-likeness (QED) is 0.627. The largest absolute Gasteiger partial charge is 0.508 e. The van der Waals surface area contributed by atoms with E-state index in [0.717, 1.165) is 5.56 Å². The Bertz CT molecular complexity index is 237. The molecule has 0 spiro atoms. The number of phenolic OH excluding ortho intramolecular Hbond substituents is 1. The molecule has 1 aromatic rings. The number of halogens is 1. The average molecular weight is 175 g/mol. The Labute approximate surface area is 70.0 Å². The van der Waals surface area contributed by atoms with Gasteiger partial charge in [0, 0.05) is 16.3 Å². The van der Waals surface area contributed by atoms with Crippen LogP contribution in [0.4, 0.5) is 0 Å². The zero-order valence-electron chi connectivity index (χ0n) is 5.21. The van der Waals surface area contributed by atoms with Crippen LogP contribution in [0.2, 0.25) is 5.02 Å². The van der Waals surface area contributed by atoms with Crippen molar-refractivity contribution in [3.05, 3.63) is 28.8 Å². The van der Waals surface area contributed by atoms with Crippen molar-refractivity contribution in [3.63, 3.8) is 0 Å². The first-order valence-electron chi connectivity index (χ1n) is 2.82. The zero-order chi connectivity index (χ0) is 7.56. The van der Waals surface area contributed by atoms with Gasteiger partial charge in [-0.1, -0.05) is 17.7 Å². The molecule has 0 atom stereocenters. The first-order valence-corrected chi connectivity index (χ1v) is 3.83. The number of rotatable bonds is 1. The molecule has 0 unspecified atom stereocenters. The lowest BCUT2D eigenvalue weighted by atomic mass is 10.2. The normalized spacial score (nSPS) is 9.80. The third-order valence-corrected chi connectivity index (χ3v) is 1.79. The second kappa shape index (κ2) is 3.17. The van der Waals surface area contributed by atoms with E-state index in [1.54, 1.807) is 12.1 Å². The summed E-state index contributed by atoms with van der Waals surface area (Å²) in [7, 11) is 0. The lowest BCUT2D eigenvalue weighted by Gasteiger charge is -1.99. The number of hydrogen-bond donors (Lipinski definition) is 2. The van der Waals surface area contributed by atoms with E-state index in [-0.39, 0.29) is 5.75 Å². The van der Waals surface area contributed by atoms with Gasteiger partial charge in [0.1, 0.15) is 5.75 Å². The standard InChI is InChI=1S/C7H7ClOS/c8-6-2-1-5(4-10)7(9)3-6/h1-3,9-10H,4H2. The van der Waals surface area contributed by atoms with E-state index in [2.05, 4.69) is 12.6 Å².